The first kappa shape index (κ1) is 13.0. The van der Waals surface area contributed by atoms with Gasteiger partial charge in [0, 0.05) is 5.02 Å². The highest BCUT2D eigenvalue weighted by atomic mass is 35.5. The Morgan fingerprint density at radius 3 is 3.00 bits per heavy atom. The summed E-state index contributed by atoms with van der Waals surface area (Å²) in [6.07, 6.45) is 0. The first-order chi connectivity index (χ1) is 8.72. The molecule has 0 aliphatic rings. The van der Waals surface area contributed by atoms with Crippen LogP contribution < -0.4 is 5.32 Å². The van der Waals surface area contributed by atoms with Gasteiger partial charge in [0.1, 0.15) is 0 Å². The number of nitrogens with one attached hydrogen (secondary N) is 1. The van der Waals surface area contributed by atoms with Crippen LogP contribution in [0, 0.1) is 0 Å². The Labute approximate surface area is 111 Å². The summed E-state index contributed by atoms with van der Waals surface area (Å²) in [6.45, 7) is 5.65. The molecular weight excluding hydrogens is 250 g/mol. The largest absolute Gasteiger partial charge is 0.310 e. The van der Waals surface area contributed by atoms with E-state index in [1.165, 1.54) is 0 Å². The Morgan fingerprint density at radius 1 is 1.44 bits per heavy atom. The SMILES string of the molecule is CCNCc1nnnn1C(C)c1cccc(Cl)c1. The van der Waals surface area contributed by atoms with Gasteiger partial charge in [-0.15, -0.1) is 5.10 Å². The molecule has 6 heteroatoms. The minimum atomic E-state index is 0.0624. The van der Waals surface area contributed by atoms with E-state index in [9.17, 15) is 0 Å². The van der Waals surface area contributed by atoms with Crippen molar-refractivity contribution in [3.63, 3.8) is 0 Å². The van der Waals surface area contributed by atoms with Gasteiger partial charge in [-0.1, -0.05) is 30.7 Å². The number of hydrogen-bond acceptors (Lipinski definition) is 4. The van der Waals surface area contributed by atoms with E-state index in [0.29, 0.717) is 6.54 Å². The van der Waals surface area contributed by atoms with Crippen LogP contribution in [0.15, 0.2) is 24.3 Å². The zero-order chi connectivity index (χ0) is 13.0. The number of halogens is 1. The third-order valence-electron chi connectivity index (χ3n) is 2.79. The Balaban J connectivity index is 2.23. The van der Waals surface area contributed by atoms with Gasteiger partial charge in [-0.3, -0.25) is 0 Å². The molecule has 0 aliphatic carbocycles. The number of nitrogens with zero attached hydrogens (tertiary/aromatic N) is 4. The normalized spacial score (nSPS) is 12.6. The second-order valence-electron chi connectivity index (χ2n) is 4.05. The van der Waals surface area contributed by atoms with Crippen molar-refractivity contribution in [1.82, 2.24) is 25.5 Å². The molecule has 0 spiro atoms. The molecule has 5 nitrogen and oxygen atoms in total. The van der Waals surface area contributed by atoms with Crippen molar-refractivity contribution in [2.45, 2.75) is 26.4 Å². The second-order valence-corrected chi connectivity index (χ2v) is 4.49. The number of benzene rings is 1. The van der Waals surface area contributed by atoms with Gasteiger partial charge in [-0.05, 0) is 41.6 Å². The van der Waals surface area contributed by atoms with Gasteiger partial charge in [0.05, 0.1) is 12.6 Å². The van der Waals surface area contributed by atoms with Crippen LogP contribution in [0.1, 0.15) is 31.3 Å². The molecule has 0 saturated heterocycles. The molecule has 1 heterocycles. The molecule has 0 aliphatic heterocycles. The molecule has 1 unspecified atom stereocenters. The quantitative estimate of drug-likeness (QED) is 0.899. The zero-order valence-corrected chi connectivity index (χ0v) is 11.2. The van der Waals surface area contributed by atoms with Crippen molar-refractivity contribution in [2.24, 2.45) is 0 Å². The van der Waals surface area contributed by atoms with Crippen LogP contribution in [-0.4, -0.2) is 26.8 Å². The van der Waals surface area contributed by atoms with Gasteiger partial charge >= 0.3 is 0 Å². The van der Waals surface area contributed by atoms with E-state index in [4.69, 9.17) is 11.6 Å². The topological polar surface area (TPSA) is 55.6 Å². The minimum absolute atomic E-state index is 0.0624. The van der Waals surface area contributed by atoms with Crippen molar-refractivity contribution in [1.29, 1.82) is 0 Å². The summed E-state index contributed by atoms with van der Waals surface area (Å²) in [5, 5.41) is 15.8. The molecular formula is C12H16ClN5. The molecule has 1 atom stereocenters. The molecule has 1 N–H and O–H groups in total. The van der Waals surface area contributed by atoms with Gasteiger partial charge < -0.3 is 5.32 Å². The number of aromatic nitrogens is 4. The van der Waals surface area contributed by atoms with Gasteiger partial charge in [-0.2, -0.15) is 0 Å². The van der Waals surface area contributed by atoms with Gasteiger partial charge in [0.25, 0.3) is 0 Å². The summed E-state index contributed by atoms with van der Waals surface area (Å²) in [5.41, 5.74) is 1.09. The van der Waals surface area contributed by atoms with Crippen LogP contribution in [0.4, 0.5) is 0 Å². The molecule has 0 fully saturated rings. The van der Waals surface area contributed by atoms with E-state index in [2.05, 4.69) is 34.7 Å². The maximum Gasteiger partial charge on any atom is 0.165 e. The Bertz CT molecular complexity index is 511. The summed E-state index contributed by atoms with van der Waals surface area (Å²) < 4.78 is 1.81. The molecule has 0 radical (unpaired) electrons. The van der Waals surface area contributed by atoms with E-state index < -0.39 is 0 Å². The summed E-state index contributed by atoms with van der Waals surface area (Å²) in [5.74, 6) is 0.823. The highest BCUT2D eigenvalue weighted by Gasteiger charge is 2.14. The van der Waals surface area contributed by atoms with E-state index in [1.807, 2.05) is 28.9 Å². The maximum atomic E-state index is 6.00. The molecule has 18 heavy (non-hydrogen) atoms. The summed E-state index contributed by atoms with van der Waals surface area (Å²) in [6, 6.07) is 7.81. The average Bonchev–Trinajstić information content (AvgIpc) is 2.83. The fourth-order valence-corrected chi connectivity index (χ4v) is 1.97. The Morgan fingerprint density at radius 2 is 2.28 bits per heavy atom. The maximum absolute atomic E-state index is 6.00. The first-order valence-corrected chi connectivity index (χ1v) is 6.33. The second kappa shape index (κ2) is 5.93. The van der Waals surface area contributed by atoms with Gasteiger partial charge in [0.2, 0.25) is 0 Å². The van der Waals surface area contributed by atoms with Crippen LogP contribution in [0.3, 0.4) is 0 Å². The molecule has 0 bridgehead atoms. The average molecular weight is 266 g/mol. The Kier molecular flexibility index (Phi) is 4.28. The van der Waals surface area contributed by atoms with E-state index in [-0.39, 0.29) is 6.04 Å². The molecule has 2 rings (SSSR count). The summed E-state index contributed by atoms with van der Waals surface area (Å²) in [4.78, 5) is 0. The van der Waals surface area contributed by atoms with Crippen molar-refractivity contribution < 1.29 is 0 Å². The number of hydrogen-bond donors (Lipinski definition) is 1. The fraction of sp³-hybridized carbons (Fsp3) is 0.417. The van der Waals surface area contributed by atoms with Crippen molar-refractivity contribution in [3.8, 4) is 0 Å². The molecule has 96 valence electrons. The minimum Gasteiger partial charge on any atom is -0.310 e. The highest BCUT2D eigenvalue weighted by molar-refractivity contribution is 6.30. The number of rotatable bonds is 5. The van der Waals surface area contributed by atoms with E-state index >= 15 is 0 Å². The van der Waals surface area contributed by atoms with Crippen molar-refractivity contribution in [2.75, 3.05) is 6.54 Å². The highest BCUT2D eigenvalue weighted by Crippen LogP contribution is 2.20. The molecule has 0 amide bonds. The molecule has 1 aromatic carbocycles. The zero-order valence-electron chi connectivity index (χ0n) is 10.5. The molecule has 2 aromatic rings. The van der Waals surface area contributed by atoms with Gasteiger partial charge in [-0.25, -0.2) is 4.68 Å². The lowest BCUT2D eigenvalue weighted by molar-refractivity contribution is 0.508. The fourth-order valence-electron chi connectivity index (χ4n) is 1.77. The number of tetrazole rings is 1. The van der Waals surface area contributed by atoms with Crippen molar-refractivity contribution in [3.05, 3.63) is 40.7 Å². The van der Waals surface area contributed by atoms with Crippen molar-refractivity contribution >= 4 is 11.6 Å². The predicted octanol–water partition coefficient (Wildman–Crippen LogP) is 2.05. The summed E-state index contributed by atoms with van der Waals surface area (Å²) >= 11 is 6.00. The van der Waals surface area contributed by atoms with Crippen LogP contribution in [0.25, 0.3) is 0 Å². The standard InChI is InChI=1S/C12H16ClN5/c1-3-14-8-12-15-16-17-18(12)9(2)10-5-4-6-11(13)7-10/h4-7,9,14H,3,8H2,1-2H3. The van der Waals surface area contributed by atoms with Crippen LogP contribution in [-0.2, 0) is 6.54 Å². The third kappa shape index (κ3) is 2.86. The molecule has 0 saturated carbocycles. The van der Waals surface area contributed by atoms with E-state index in [0.717, 1.165) is 23.0 Å². The Hall–Kier alpha value is -1.46. The summed E-state index contributed by atoms with van der Waals surface area (Å²) in [7, 11) is 0. The van der Waals surface area contributed by atoms with Crippen LogP contribution >= 0.6 is 11.6 Å². The lowest BCUT2D eigenvalue weighted by Crippen LogP contribution is -2.19. The van der Waals surface area contributed by atoms with Gasteiger partial charge in [0.15, 0.2) is 5.82 Å². The predicted molar refractivity (Wildman–Crippen MR) is 70.5 cm³/mol. The lowest BCUT2D eigenvalue weighted by atomic mass is 10.1. The monoisotopic (exact) mass is 265 g/mol. The van der Waals surface area contributed by atoms with Crippen LogP contribution in [0.5, 0.6) is 0 Å². The van der Waals surface area contributed by atoms with Crippen LogP contribution in [0.2, 0.25) is 5.02 Å². The smallest absolute Gasteiger partial charge is 0.165 e. The third-order valence-corrected chi connectivity index (χ3v) is 3.03. The molecule has 1 aromatic heterocycles. The lowest BCUT2D eigenvalue weighted by Gasteiger charge is -2.14. The first-order valence-electron chi connectivity index (χ1n) is 5.95. The van der Waals surface area contributed by atoms with E-state index in [1.54, 1.807) is 0 Å².